The van der Waals surface area contributed by atoms with Gasteiger partial charge in [-0.2, -0.15) is 10.2 Å². The van der Waals surface area contributed by atoms with Gasteiger partial charge in [-0.1, -0.05) is 18.2 Å². The summed E-state index contributed by atoms with van der Waals surface area (Å²) in [6, 6.07) is 9.80. The zero-order valence-corrected chi connectivity index (χ0v) is 14.3. The van der Waals surface area contributed by atoms with E-state index in [4.69, 9.17) is 0 Å². The fourth-order valence-corrected chi connectivity index (χ4v) is 2.75. The van der Waals surface area contributed by atoms with E-state index in [1.54, 1.807) is 10.9 Å². The van der Waals surface area contributed by atoms with Gasteiger partial charge >= 0.3 is 0 Å². The van der Waals surface area contributed by atoms with E-state index < -0.39 is 0 Å². The van der Waals surface area contributed by atoms with Crippen LogP contribution in [0.25, 0.3) is 5.69 Å². The molecule has 0 unspecified atom stereocenters. The van der Waals surface area contributed by atoms with Crippen LogP contribution < -0.4 is 5.32 Å². The zero-order valence-electron chi connectivity index (χ0n) is 14.3. The minimum absolute atomic E-state index is 0.125. The lowest BCUT2D eigenvalue weighted by Crippen LogP contribution is -2.27. The van der Waals surface area contributed by atoms with E-state index in [0.29, 0.717) is 5.56 Å². The second-order valence-electron chi connectivity index (χ2n) is 5.90. The Morgan fingerprint density at radius 3 is 2.42 bits per heavy atom. The van der Waals surface area contributed by atoms with Crippen molar-refractivity contribution in [2.24, 2.45) is 7.05 Å². The molecular formula is C18H21N5O. The second-order valence-corrected chi connectivity index (χ2v) is 5.90. The molecule has 0 bridgehead atoms. The predicted molar refractivity (Wildman–Crippen MR) is 92.1 cm³/mol. The minimum atomic E-state index is -0.144. The van der Waals surface area contributed by atoms with Crippen LogP contribution in [-0.4, -0.2) is 25.5 Å². The Bertz CT molecular complexity index is 863. The van der Waals surface area contributed by atoms with Gasteiger partial charge in [0.15, 0.2) is 0 Å². The first-order chi connectivity index (χ1) is 11.5. The molecule has 3 aromatic rings. The van der Waals surface area contributed by atoms with Crippen LogP contribution in [0.3, 0.4) is 0 Å². The predicted octanol–water partition coefficient (Wildman–Crippen LogP) is 2.71. The summed E-state index contributed by atoms with van der Waals surface area (Å²) in [4.78, 5) is 12.5. The molecule has 1 N–H and O–H groups in total. The zero-order chi connectivity index (χ0) is 17.3. The lowest BCUT2D eigenvalue weighted by atomic mass is 10.1. The first-order valence-corrected chi connectivity index (χ1v) is 7.88. The van der Waals surface area contributed by atoms with Crippen LogP contribution in [0.15, 0.2) is 42.7 Å². The molecule has 0 aliphatic heterocycles. The van der Waals surface area contributed by atoms with E-state index in [2.05, 4.69) is 15.5 Å². The maximum atomic E-state index is 12.5. The number of nitrogens with zero attached hydrogens (tertiary/aromatic N) is 4. The molecule has 24 heavy (non-hydrogen) atoms. The number of nitrogens with one attached hydrogen (secondary N) is 1. The largest absolute Gasteiger partial charge is 0.345 e. The maximum absolute atomic E-state index is 12.5. The lowest BCUT2D eigenvalue weighted by molar-refractivity contribution is 0.0939. The van der Waals surface area contributed by atoms with Crippen LogP contribution in [0.2, 0.25) is 0 Å². The first-order valence-electron chi connectivity index (χ1n) is 7.88. The molecule has 0 saturated heterocycles. The molecule has 3 rings (SSSR count). The number of hydrogen-bond acceptors (Lipinski definition) is 3. The van der Waals surface area contributed by atoms with Crippen LogP contribution in [0, 0.1) is 13.8 Å². The summed E-state index contributed by atoms with van der Waals surface area (Å²) in [5, 5.41) is 11.6. The summed E-state index contributed by atoms with van der Waals surface area (Å²) in [5.74, 6) is -0.125. The van der Waals surface area contributed by atoms with Crippen LogP contribution >= 0.6 is 0 Å². The summed E-state index contributed by atoms with van der Waals surface area (Å²) in [7, 11) is 1.82. The van der Waals surface area contributed by atoms with E-state index in [1.807, 2.05) is 69.0 Å². The highest BCUT2D eigenvalue weighted by Gasteiger charge is 2.19. The molecule has 0 saturated carbocycles. The van der Waals surface area contributed by atoms with Crippen LogP contribution in [-0.2, 0) is 7.05 Å². The average Bonchev–Trinajstić information content (AvgIpc) is 3.12. The Labute approximate surface area is 141 Å². The van der Waals surface area contributed by atoms with Gasteiger partial charge in [0.25, 0.3) is 5.91 Å². The number of aromatic nitrogens is 4. The Balaban J connectivity index is 1.81. The third-order valence-electron chi connectivity index (χ3n) is 4.34. The van der Waals surface area contributed by atoms with Crippen molar-refractivity contribution in [1.82, 2.24) is 24.9 Å². The molecule has 2 aromatic heterocycles. The van der Waals surface area contributed by atoms with E-state index >= 15 is 0 Å². The van der Waals surface area contributed by atoms with E-state index in [9.17, 15) is 4.79 Å². The van der Waals surface area contributed by atoms with Gasteiger partial charge < -0.3 is 5.32 Å². The van der Waals surface area contributed by atoms with Crippen molar-refractivity contribution >= 4 is 5.91 Å². The third kappa shape index (κ3) is 2.82. The molecule has 1 aromatic carbocycles. The van der Waals surface area contributed by atoms with E-state index in [0.717, 1.165) is 22.6 Å². The SMILES string of the molecule is Cc1c(C(=O)N[C@@H](C)c2cnn(-c3ccccc3)c2C)cnn1C. The van der Waals surface area contributed by atoms with Crippen LogP contribution in [0.1, 0.15) is 40.3 Å². The Morgan fingerprint density at radius 2 is 1.79 bits per heavy atom. The Kier molecular flexibility index (Phi) is 4.20. The molecule has 0 aliphatic carbocycles. The molecule has 0 fully saturated rings. The Morgan fingerprint density at radius 1 is 1.08 bits per heavy atom. The summed E-state index contributed by atoms with van der Waals surface area (Å²) in [5.41, 5.74) is 4.45. The number of hydrogen-bond donors (Lipinski definition) is 1. The average molecular weight is 323 g/mol. The Hall–Kier alpha value is -2.89. The number of carbonyl (C=O) groups is 1. The number of amides is 1. The topological polar surface area (TPSA) is 64.7 Å². The summed E-state index contributed by atoms with van der Waals surface area (Å²) < 4.78 is 3.57. The number of benzene rings is 1. The molecule has 1 atom stereocenters. The number of para-hydroxylation sites is 1. The molecular weight excluding hydrogens is 302 g/mol. The molecule has 0 radical (unpaired) electrons. The van der Waals surface area contributed by atoms with Crippen molar-refractivity contribution in [1.29, 1.82) is 0 Å². The minimum Gasteiger partial charge on any atom is -0.345 e. The normalized spacial score (nSPS) is 12.2. The molecule has 6 nitrogen and oxygen atoms in total. The van der Waals surface area contributed by atoms with E-state index in [-0.39, 0.29) is 11.9 Å². The van der Waals surface area contributed by atoms with Gasteiger partial charge in [-0.25, -0.2) is 4.68 Å². The monoisotopic (exact) mass is 323 g/mol. The highest BCUT2D eigenvalue weighted by atomic mass is 16.1. The van der Waals surface area contributed by atoms with Crippen molar-refractivity contribution in [2.45, 2.75) is 26.8 Å². The highest BCUT2D eigenvalue weighted by molar-refractivity contribution is 5.95. The van der Waals surface area contributed by atoms with Crippen molar-refractivity contribution < 1.29 is 4.79 Å². The fraction of sp³-hybridized carbons (Fsp3) is 0.278. The van der Waals surface area contributed by atoms with Gasteiger partial charge in [-0.05, 0) is 32.9 Å². The number of aryl methyl sites for hydroxylation is 1. The molecule has 6 heteroatoms. The van der Waals surface area contributed by atoms with Crippen LogP contribution in [0.4, 0.5) is 0 Å². The van der Waals surface area contributed by atoms with Gasteiger partial charge in [0, 0.05) is 24.0 Å². The number of carbonyl (C=O) groups excluding carboxylic acids is 1. The van der Waals surface area contributed by atoms with Gasteiger partial charge in [-0.3, -0.25) is 9.48 Å². The maximum Gasteiger partial charge on any atom is 0.255 e. The van der Waals surface area contributed by atoms with Gasteiger partial charge in [-0.15, -0.1) is 0 Å². The smallest absolute Gasteiger partial charge is 0.255 e. The molecule has 0 aliphatic rings. The third-order valence-corrected chi connectivity index (χ3v) is 4.34. The summed E-state index contributed by atoms with van der Waals surface area (Å²) in [6.45, 7) is 5.85. The summed E-state index contributed by atoms with van der Waals surface area (Å²) >= 11 is 0. The fourth-order valence-electron chi connectivity index (χ4n) is 2.75. The van der Waals surface area contributed by atoms with Gasteiger partial charge in [0.05, 0.1) is 29.7 Å². The van der Waals surface area contributed by atoms with Gasteiger partial charge in [0.1, 0.15) is 0 Å². The molecule has 0 spiro atoms. The molecule has 1 amide bonds. The second kappa shape index (κ2) is 6.31. The van der Waals surface area contributed by atoms with Crippen molar-refractivity contribution in [2.75, 3.05) is 0 Å². The first kappa shape index (κ1) is 16.0. The van der Waals surface area contributed by atoms with Gasteiger partial charge in [0.2, 0.25) is 0 Å². The number of rotatable bonds is 4. The summed E-state index contributed by atoms with van der Waals surface area (Å²) in [6.07, 6.45) is 3.40. The highest BCUT2D eigenvalue weighted by Crippen LogP contribution is 2.20. The molecule has 124 valence electrons. The van der Waals surface area contributed by atoms with Crippen LogP contribution in [0.5, 0.6) is 0 Å². The quantitative estimate of drug-likeness (QED) is 0.803. The van der Waals surface area contributed by atoms with Crippen molar-refractivity contribution in [3.05, 3.63) is 65.2 Å². The van der Waals surface area contributed by atoms with Crippen molar-refractivity contribution in [3.63, 3.8) is 0 Å². The lowest BCUT2D eigenvalue weighted by Gasteiger charge is -2.14. The van der Waals surface area contributed by atoms with E-state index in [1.165, 1.54) is 0 Å². The molecule has 2 heterocycles. The van der Waals surface area contributed by atoms with Crippen molar-refractivity contribution in [3.8, 4) is 5.69 Å². The standard InChI is InChI=1S/C18H21N5O/c1-12(21-18(24)17-11-19-22(4)13(17)2)16-10-20-23(14(16)3)15-8-6-5-7-9-15/h5-12H,1-4H3,(H,21,24)/t12-/m0/s1.